The van der Waals surface area contributed by atoms with Gasteiger partial charge in [0.05, 0.1) is 5.41 Å². The van der Waals surface area contributed by atoms with Crippen molar-refractivity contribution in [2.75, 3.05) is 18.1 Å². The molecule has 15 heavy (non-hydrogen) atoms. The van der Waals surface area contributed by atoms with E-state index in [1.807, 2.05) is 25.6 Å². The van der Waals surface area contributed by atoms with Gasteiger partial charge in [-0.3, -0.25) is 4.79 Å². The topological polar surface area (TPSA) is 55.1 Å². The SMILES string of the molecule is CCC(CC)(CN)C(=O)NC1CCSC1. The largest absolute Gasteiger partial charge is 0.352 e. The van der Waals surface area contributed by atoms with Crippen molar-refractivity contribution < 1.29 is 4.79 Å². The van der Waals surface area contributed by atoms with Gasteiger partial charge in [-0.1, -0.05) is 13.8 Å². The third-order valence-corrected chi connectivity index (χ3v) is 4.65. The lowest BCUT2D eigenvalue weighted by atomic mass is 9.81. The van der Waals surface area contributed by atoms with E-state index < -0.39 is 0 Å². The molecule has 1 fully saturated rings. The number of carbonyl (C=O) groups is 1. The quantitative estimate of drug-likeness (QED) is 0.750. The van der Waals surface area contributed by atoms with Gasteiger partial charge in [-0.05, 0) is 25.0 Å². The molecule has 88 valence electrons. The van der Waals surface area contributed by atoms with Crippen LogP contribution in [-0.2, 0) is 4.79 Å². The van der Waals surface area contributed by atoms with Crippen LogP contribution in [0.3, 0.4) is 0 Å². The van der Waals surface area contributed by atoms with E-state index in [1.165, 1.54) is 5.75 Å². The molecule has 1 aliphatic heterocycles. The molecule has 0 radical (unpaired) electrons. The molecule has 3 N–H and O–H groups in total. The summed E-state index contributed by atoms with van der Waals surface area (Å²) in [4.78, 5) is 12.1. The Bertz CT molecular complexity index is 202. The molecule has 4 heteroatoms. The van der Waals surface area contributed by atoms with Gasteiger partial charge in [0.25, 0.3) is 0 Å². The first-order valence-corrected chi connectivity index (χ1v) is 6.92. The molecule has 0 aromatic heterocycles. The fourth-order valence-electron chi connectivity index (χ4n) is 1.94. The summed E-state index contributed by atoms with van der Waals surface area (Å²) in [7, 11) is 0. The van der Waals surface area contributed by atoms with Crippen LogP contribution in [0.25, 0.3) is 0 Å². The van der Waals surface area contributed by atoms with Crippen LogP contribution in [-0.4, -0.2) is 30.0 Å². The van der Waals surface area contributed by atoms with Crippen LogP contribution in [0.15, 0.2) is 0 Å². The Morgan fingerprint density at radius 1 is 1.53 bits per heavy atom. The second-order valence-corrected chi connectivity index (χ2v) is 5.38. The summed E-state index contributed by atoms with van der Waals surface area (Å²) in [5.74, 6) is 2.38. The highest BCUT2D eigenvalue weighted by molar-refractivity contribution is 7.99. The summed E-state index contributed by atoms with van der Waals surface area (Å²) in [6, 6.07) is 0.367. The Morgan fingerprint density at radius 3 is 2.60 bits per heavy atom. The van der Waals surface area contributed by atoms with Crippen molar-refractivity contribution in [1.29, 1.82) is 0 Å². The van der Waals surface area contributed by atoms with Gasteiger partial charge in [0, 0.05) is 18.3 Å². The van der Waals surface area contributed by atoms with Crippen molar-refractivity contribution in [1.82, 2.24) is 5.32 Å². The lowest BCUT2D eigenvalue weighted by molar-refractivity contribution is -0.131. The normalized spacial score (nSPS) is 21.7. The molecule has 0 saturated carbocycles. The van der Waals surface area contributed by atoms with E-state index in [1.54, 1.807) is 0 Å². The fourth-order valence-corrected chi connectivity index (χ4v) is 3.09. The van der Waals surface area contributed by atoms with Crippen LogP contribution >= 0.6 is 11.8 Å². The molecule has 1 amide bonds. The second-order valence-electron chi connectivity index (χ2n) is 4.23. The Morgan fingerprint density at radius 2 is 2.20 bits per heavy atom. The summed E-state index contributed by atoms with van der Waals surface area (Å²) in [6.45, 7) is 4.53. The van der Waals surface area contributed by atoms with Gasteiger partial charge >= 0.3 is 0 Å². The van der Waals surface area contributed by atoms with Gasteiger partial charge in [-0.15, -0.1) is 0 Å². The van der Waals surface area contributed by atoms with Crippen LogP contribution in [0.2, 0.25) is 0 Å². The highest BCUT2D eigenvalue weighted by Gasteiger charge is 2.34. The number of nitrogens with two attached hydrogens (primary N) is 1. The van der Waals surface area contributed by atoms with Crippen LogP contribution in [0.4, 0.5) is 0 Å². The average molecular weight is 230 g/mol. The predicted molar refractivity (Wildman–Crippen MR) is 65.9 cm³/mol. The van der Waals surface area contributed by atoms with Crippen LogP contribution in [0.5, 0.6) is 0 Å². The number of hydrogen-bond acceptors (Lipinski definition) is 3. The van der Waals surface area contributed by atoms with E-state index in [-0.39, 0.29) is 11.3 Å². The molecule has 1 heterocycles. The Balaban J connectivity index is 2.55. The zero-order chi connectivity index (χ0) is 11.3. The molecule has 0 aromatic rings. The van der Waals surface area contributed by atoms with Gasteiger partial charge in [-0.25, -0.2) is 0 Å². The predicted octanol–water partition coefficient (Wildman–Crippen LogP) is 1.37. The zero-order valence-corrected chi connectivity index (χ0v) is 10.5. The molecule has 1 saturated heterocycles. The number of rotatable bonds is 5. The van der Waals surface area contributed by atoms with Crippen molar-refractivity contribution in [3.05, 3.63) is 0 Å². The fraction of sp³-hybridized carbons (Fsp3) is 0.909. The molecule has 1 rings (SSSR count). The Labute approximate surface area is 96.6 Å². The van der Waals surface area contributed by atoms with E-state index >= 15 is 0 Å². The summed E-state index contributed by atoms with van der Waals surface area (Å²) in [5.41, 5.74) is 5.40. The van der Waals surface area contributed by atoms with E-state index in [0.717, 1.165) is 25.0 Å². The molecular weight excluding hydrogens is 208 g/mol. The van der Waals surface area contributed by atoms with Gasteiger partial charge in [-0.2, -0.15) is 11.8 Å². The zero-order valence-electron chi connectivity index (χ0n) is 9.71. The number of amides is 1. The van der Waals surface area contributed by atoms with E-state index in [2.05, 4.69) is 5.32 Å². The molecular formula is C11H22N2OS. The standard InChI is InChI=1S/C11H22N2OS/c1-3-11(4-2,8-12)10(14)13-9-5-6-15-7-9/h9H,3-8,12H2,1-2H3,(H,13,14). The number of nitrogens with one attached hydrogen (secondary N) is 1. The van der Waals surface area contributed by atoms with Gasteiger partial charge < -0.3 is 11.1 Å². The Kier molecular flexibility index (Phi) is 4.93. The second kappa shape index (κ2) is 5.75. The van der Waals surface area contributed by atoms with Crippen LogP contribution < -0.4 is 11.1 Å². The lowest BCUT2D eigenvalue weighted by Crippen LogP contribution is -2.48. The molecule has 0 aliphatic carbocycles. The highest BCUT2D eigenvalue weighted by Crippen LogP contribution is 2.26. The Hall–Kier alpha value is -0.220. The van der Waals surface area contributed by atoms with Crippen molar-refractivity contribution in [2.24, 2.45) is 11.1 Å². The molecule has 3 nitrogen and oxygen atoms in total. The number of carbonyl (C=O) groups excluding carboxylic acids is 1. The maximum Gasteiger partial charge on any atom is 0.227 e. The summed E-state index contributed by atoms with van der Waals surface area (Å²) in [6.07, 6.45) is 2.75. The third-order valence-electron chi connectivity index (χ3n) is 3.49. The van der Waals surface area contributed by atoms with Gasteiger partial charge in [0.2, 0.25) is 5.91 Å². The van der Waals surface area contributed by atoms with E-state index in [4.69, 9.17) is 5.73 Å². The first-order chi connectivity index (χ1) is 7.18. The molecule has 1 aliphatic rings. The van der Waals surface area contributed by atoms with Crippen LogP contribution in [0.1, 0.15) is 33.1 Å². The summed E-state index contributed by atoms with van der Waals surface area (Å²) < 4.78 is 0. The number of thioether (sulfide) groups is 1. The number of hydrogen-bond donors (Lipinski definition) is 2. The maximum absolute atomic E-state index is 12.1. The minimum Gasteiger partial charge on any atom is -0.352 e. The van der Waals surface area contributed by atoms with Gasteiger partial charge in [0.15, 0.2) is 0 Å². The minimum atomic E-state index is -0.340. The molecule has 0 bridgehead atoms. The monoisotopic (exact) mass is 230 g/mol. The van der Waals surface area contributed by atoms with Crippen molar-refractivity contribution in [3.63, 3.8) is 0 Å². The summed E-state index contributed by atoms with van der Waals surface area (Å²) >= 11 is 1.91. The first kappa shape index (κ1) is 12.8. The summed E-state index contributed by atoms with van der Waals surface area (Å²) in [5, 5.41) is 3.13. The maximum atomic E-state index is 12.1. The third kappa shape index (κ3) is 2.88. The van der Waals surface area contributed by atoms with Crippen molar-refractivity contribution in [3.8, 4) is 0 Å². The van der Waals surface area contributed by atoms with E-state index in [9.17, 15) is 4.79 Å². The van der Waals surface area contributed by atoms with Gasteiger partial charge in [0.1, 0.15) is 0 Å². The molecule has 0 aromatic carbocycles. The first-order valence-electron chi connectivity index (χ1n) is 5.77. The van der Waals surface area contributed by atoms with Crippen molar-refractivity contribution >= 4 is 17.7 Å². The highest BCUT2D eigenvalue weighted by atomic mass is 32.2. The van der Waals surface area contributed by atoms with Crippen LogP contribution in [0, 0.1) is 5.41 Å². The van der Waals surface area contributed by atoms with Crippen molar-refractivity contribution in [2.45, 2.75) is 39.2 Å². The minimum absolute atomic E-state index is 0.155. The molecule has 1 atom stereocenters. The average Bonchev–Trinajstić information content (AvgIpc) is 2.74. The van der Waals surface area contributed by atoms with E-state index in [0.29, 0.717) is 12.6 Å². The molecule has 1 unspecified atom stereocenters. The lowest BCUT2D eigenvalue weighted by Gasteiger charge is -2.30. The molecule has 0 spiro atoms. The smallest absolute Gasteiger partial charge is 0.227 e.